The monoisotopic (exact) mass is 272 g/mol. The summed E-state index contributed by atoms with van der Waals surface area (Å²) in [6, 6.07) is 6.19. The molecule has 0 atom stereocenters. The summed E-state index contributed by atoms with van der Waals surface area (Å²) in [6.45, 7) is 0.368. The van der Waals surface area contributed by atoms with Gasteiger partial charge in [0.25, 0.3) is 0 Å². The van der Waals surface area contributed by atoms with Gasteiger partial charge in [0.15, 0.2) is 11.0 Å². The summed E-state index contributed by atoms with van der Waals surface area (Å²) in [6.07, 6.45) is 0. The number of hydrogen-bond donors (Lipinski definition) is 1. The molecule has 17 heavy (non-hydrogen) atoms. The first kappa shape index (κ1) is 12.0. The number of nitrogens with zero attached hydrogens (tertiary/aromatic N) is 3. The van der Waals surface area contributed by atoms with E-state index in [1.165, 1.54) is 12.1 Å². The van der Waals surface area contributed by atoms with Crippen LogP contribution in [0.1, 0.15) is 5.56 Å². The highest BCUT2D eigenvalue weighted by atomic mass is 35.5. The fourth-order valence-corrected chi connectivity index (χ4v) is 1.51. The fourth-order valence-electron chi connectivity index (χ4n) is 1.24. The van der Waals surface area contributed by atoms with E-state index in [1.807, 2.05) is 0 Å². The van der Waals surface area contributed by atoms with Crippen molar-refractivity contribution in [3.05, 3.63) is 46.1 Å². The molecule has 0 saturated heterocycles. The number of hydrogen-bond acceptors (Lipinski definition) is 4. The van der Waals surface area contributed by atoms with Crippen LogP contribution >= 0.6 is 23.2 Å². The van der Waals surface area contributed by atoms with Gasteiger partial charge in [0, 0.05) is 6.54 Å². The Labute approximate surface area is 107 Å². The van der Waals surface area contributed by atoms with E-state index in [0.717, 1.165) is 5.56 Å². The Bertz CT molecular complexity index is 535. The average Bonchev–Trinajstić information content (AvgIpc) is 2.30. The lowest BCUT2D eigenvalue weighted by atomic mass is 10.2. The van der Waals surface area contributed by atoms with Crippen LogP contribution in [0.4, 0.5) is 10.2 Å². The Morgan fingerprint density at radius 3 is 2.82 bits per heavy atom. The molecule has 0 aliphatic rings. The first-order chi connectivity index (χ1) is 8.15. The van der Waals surface area contributed by atoms with Crippen LogP contribution in [-0.4, -0.2) is 15.2 Å². The summed E-state index contributed by atoms with van der Waals surface area (Å²) in [5.41, 5.74) is 0.760. The van der Waals surface area contributed by atoms with E-state index in [0.29, 0.717) is 12.4 Å². The van der Waals surface area contributed by atoms with Gasteiger partial charge in [0.2, 0.25) is 5.28 Å². The zero-order valence-electron chi connectivity index (χ0n) is 8.49. The molecule has 0 amide bonds. The second kappa shape index (κ2) is 5.25. The Kier molecular flexibility index (Phi) is 3.71. The average molecular weight is 273 g/mol. The molecule has 2 rings (SSSR count). The smallest absolute Gasteiger partial charge is 0.245 e. The van der Waals surface area contributed by atoms with Crippen molar-refractivity contribution in [3.8, 4) is 0 Å². The van der Waals surface area contributed by atoms with Crippen molar-refractivity contribution < 1.29 is 4.39 Å². The molecule has 1 aromatic carbocycles. The van der Waals surface area contributed by atoms with Crippen molar-refractivity contribution in [2.45, 2.75) is 6.54 Å². The Morgan fingerprint density at radius 2 is 2.06 bits per heavy atom. The second-order valence-electron chi connectivity index (χ2n) is 3.20. The molecule has 0 fully saturated rings. The summed E-state index contributed by atoms with van der Waals surface area (Å²) in [5, 5.41) is 10.1. The summed E-state index contributed by atoms with van der Waals surface area (Å²) in [7, 11) is 0. The molecule has 0 aliphatic carbocycles. The van der Waals surface area contributed by atoms with E-state index in [2.05, 4.69) is 20.5 Å². The number of halogens is 3. The predicted octanol–water partition coefficient (Wildman–Crippen LogP) is 2.93. The molecule has 0 radical (unpaired) electrons. The molecule has 0 spiro atoms. The van der Waals surface area contributed by atoms with Gasteiger partial charge in [-0.2, -0.15) is 4.98 Å². The molecule has 1 N–H and O–H groups in total. The molecule has 0 aliphatic heterocycles. The van der Waals surface area contributed by atoms with Crippen molar-refractivity contribution >= 4 is 29.0 Å². The zero-order chi connectivity index (χ0) is 12.3. The van der Waals surface area contributed by atoms with E-state index in [9.17, 15) is 4.39 Å². The lowest BCUT2D eigenvalue weighted by Gasteiger charge is -2.06. The van der Waals surface area contributed by atoms with Crippen molar-refractivity contribution in [2.24, 2.45) is 0 Å². The zero-order valence-corrected chi connectivity index (χ0v) is 10.0. The van der Waals surface area contributed by atoms with Gasteiger partial charge >= 0.3 is 0 Å². The minimum absolute atomic E-state index is 0.00357. The molecule has 0 bridgehead atoms. The first-order valence-corrected chi connectivity index (χ1v) is 5.45. The number of anilines is 1. The van der Waals surface area contributed by atoms with Crippen LogP contribution in [-0.2, 0) is 6.54 Å². The maximum atomic E-state index is 12.9. The van der Waals surface area contributed by atoms with Gasteiger partial charge in [-0.15, -0.1) is 10.2 Å². The minimum Gasteiger partial charge on any atom is -0.363 e. The van der Waals surface area contributed by atoms with Crippen LogP contribution in [0.5, 0.6) is 0 Å². The van der Waals surface area contributed by atoms with Crippen molar-refractivity contribution in [1.82, 2.24) is 15.2 Å². The fraction of sp³-hybridized carbons (Fsp3) is 0.100. The van der Waals surface area contributed by atoms with Gasteiger partial charge in [0.05, 0.1) is 0 Å². The molecule has 1 aromatic heterocycles. The first-order valence-electron chi connectivity index (χ1n) is 4.69. The van der Waals surface area contributed by atoms with Crippen molar-refractivity contribution in [1.29, 1.82) is 0 Å². The second-order valence-corrected chi connectivity index (χ2v) is 3.90. The molecule has 2 aromatic rings. The van der Waals surface area contributed by atoms with E-state index in [1.54, 1.807) is 12.1 Å². The van der Waals surface area contributed by atoms with E-state index < -0.39 is 0 Å². The molecule has 0 saturated carbocycles. The van der Waals surface area contributed by atoms with Gasteiger partial charge in [-0.05, 0) is 29.3 Å². The maximum Gasteiger partial charge on any atom is 0.245 e. The van der Waals surface area contributed by atoms with E-state index >= 15 is 0 Å². The molecular weight excluding hydrogens is 266 g/mol. The van der Waals surface area contributed by atoms with Crippen LogP contribution in [0.3, 0.4) is 0 Å². The Hall–Kier alpha value is -1.46. The van der Waals surface area contributed by atoms with Crippen LogP contribution in [0.15, 0.2) is 24.3 Å². The maximum absolute atomic E-state index is 12.9. The van der Waals surface area contributed by atoms with Gasteiger partial charge in [-0.3, -0.25) is 0 Å². The van der Waals surface area contributed by atoms with Crippen molar-refractivity contribution in [3.63, 3.8) is 0 Å². The van der Waals surface area contributed by atoms with Crippen LogP contribution < -0.4 is 5.32 Å². The summed E-state index contributed by atoms with van der Waals surface area (Å²) < 4.78 is 12.9. The van der Waals surface area contributed by atoms with E-state index in [4.69, 9.17) is 23.2 Å². The Balaban J connectivity index is 2.09. The van der Waals surface area contributed by atoms with Gasteiger partial charge in [-0.1, -0.05) is 23.7 Å². The number of aromatic nitrogens is 3. The van der Waals surface area contributed by atoms with E-state index in [-0.39, 0.29) is 16.3 Å². The quantitative estimate of drug-likeness (QED) is 0.934. The van der Waals surface area contributed by atoms with Crippen LogP contribution in [0.25, 0.3) is 0 Å². The van der Waals surface area contributed by atoms with Gasteiger partial charge in [0.1, 0.15) is 5.82 Å². The van der Waals surface area contributed by atoms with Crippen LogP contribution in [0.2, 0.25) is 10.4 Å². The largest absolute Gasteiger partial charge is 0.363 e. The van der Waals surface area contributed by atoms with Gasteiger partial charge < -0.3 is 5.32 Å². The molecule has 88 valence electrons. The standard InChI is InChI=1S/C10H7Cl2FN4/c11-8-9(15-10(12)17-16-8)14-5-6-2-1-3-7(13)4-6/h1-4H,5H2,(H,14,15,17). The SMILES string of the molecule is Fc1cccc(CNc2nc(Cl)nnc2Cl)c1. The number of rotatable bonds is 3. The van der Waals surface area contributed by atoms with Crippen molar-refractivity contribution in [2.75, 3.05) is 5.32 Å². The third-order valence-electron chi connectivity index (χ3n) is 1.97. The van der Waals surface area contributed by atoms with Crippen LogP contribution in [0, 0.1) is 5.82 Å². The summed E-state index contributed by atoms with van der Waals surface area (Å²) >= 11 is 11.3. The topological polar surface area (TPSA) is 50.7 Å². The summed E-state index contributed by atoms with van der Waals surface area (Å²) in [4.78, 5) is 3.87. The number of benzene rings is 1. The predicted molar refractivity (Wildman–Crippen MR) is 63.6 cm³/mol. The highest BCUT2D eigenvalue weighted by Crippen LogP contribution is 2.17. The summed E-state index contributed by atoms with van der Waals surface area (Å²) in [5.74, 6) is 0.0187. The third kappa shape index (κ3) is 3.25. The molecule has 0 unspecified atom stereocenters. The normalized spacial score (nSPS) is 10.3. The number of nitrogens with one attached hydrogen (secondary N) is 1. The lowest BCUT2D eigenvalue weighted by molar-refractivity contribution is 0.626. The highest BCUT2D eigenvalue weighted by Gasteiger charge is 2.05. The molecule has 1 heterocycles. The third-order valence-corrected chi connectivity index (χ3v) is 2.38. The van der Waals surface area contributed by atoms with Gasteiger partial charge in [-0.25, -0.2) is 4.39 Å². The Morgan fingerprint density at radius 1 is 1.24 bits per heavy atom. The highest BCUT2D eigenvalue weighted by molar-refractivity contribution is 6.32. The molecule has 4 nitrogen and oxygen atoms in total. The lowest BCUT2D eigenvalue weighted by Crippen LogP contribution is -2.04. The minimum atomic E-state index is -0.297. The molecule has 7 heteroatoms. The molecular formula is C10H7Cl2FN4.